The average molecular weight is 345 g/mol. The van der Waals surface area contributed by atoms with Crippen LogP contribution in [0.25, 0.3) is 5.65 Å². The fourth-order valence-corrected chi connectivity index (χ4v) is 2.69. The Kier molecular flexibility index (Phi) is 4.03. The lowest BCUT2D eigenvalue weighted by Gasteiger charge is -2.09. The van der Waals surface area contributed by atoms with E-state index in [0.717, 1.165) is 5.56 Å². The van der Waals surface area contributed by atoms with Crippen LogP contribution in [0.3, 0.4) is 0 Å². The van der Waals surface area contributed by atoms with Crippen molar-refractivity contribution in [3.8, 4) is 0 Å². The van der Waals surface area contributed by atoms with Gasteiger partial charge in [0, 0.05) is 12.4 Å². The molecule has 7 heteroatoms. The molecule has 7 nitrogen and oxygen atoms in total. The van der Waals surface area contributed by atoms with E-state index in [9.17, 15) is 9.59 Å². The first-order chi connectivity index (χ1) is 12.7. The lowest BCUT2D eigenvalue weighted by Crippen LogP contribution is -2.25. The van der Waals surface area contributed by atoms with Gasteiger partial charge in [0.25, 0.3) is 11.5 Å². The molecule has 1 N–H and O–H groups in total. The van der Waals surface area contributed by atoms with E-state index in [1.807, 2.05) is 30.3 Å². The van der Waals surface area contributed by atoms with Gasteiger partial charge in [0.2, 0.25) is 0 Å². The van der Waals surface area contributed by atoms with Crippen molar-refractivity contribution in [1.82, 2.24) is 19.2 Å². The van der Waals surface area contributed by atoms with Crippen LogP contribution in [0.4, 0.5) is 5.69 Å². The largest absolute Gasteiger partial charge is 0.317 e. The number of nitrogens with one attached hydrogen (secondary N) is 1. The molecule has 4 aromatic rings. The predicted molar refractivity (Wildman–Crippen MR) is 97.2 cm³/mol. The summed E-state index contributed by atoms with van der Waals surface area (Å²) < 4.78 is 3.21. The minimum absolute atomic E-state index is 0.234. The van der Waals surface area contributed by atoms with Gasteiger partial charge in [0.15, 0.2) is 5.65 Å². The number of carbonyl (C=O) groups is 1. The Balaban J connectivity index is 1.58. The zero-order chi connectivity index (χ0) is 17.9. The van der Waals surface area contributed by atoms with Crippen molar-refractivity contribution in [3.05, 3.63) is 94.8 Å². The molecule has 0 saturated carbocycles. The van der Waals surface area contributed by atoms with Gasteiger partial charge < -0.3 is 9.88 Å². The van der Waals surface area contributed by atoms with Gasteiger partial charge in [-0.3, -0.25) is 14.0 Å². The molecular formula is C19H15N5O2. The van der Waals surface area contributed by atoms with Crippen molar-refractivity contribution in [2.24, 2.45) is 0 Å². The maximum absolute atomic E-state index is 12.6. The first kappa shape index (κ1) is 15.8. The van der Waals surface area contributed by atoms with Crippen molar-refractivity contribution in [1.29, 1.82) is 0 Å². The van der Waals surface area contributed by atoms with Crippen LogP contribution in [0.15, 0.2) is 78.1 Å². The number of pyridine rings is 2. The summed E-state index contributed by atoms with van der Waals surface area (Å²) in [6.45, 7) is 0.441. The lowest BCUT2D eigenvalue weighted by atomic mass is 10.2. The number of anilines is 1. The van der Waals surface area contributed by atoms with Crippen LogP contribution in [-0.2, 0) is 6.54 Å². The van der Waals surface area contributed by atoms with Crippen molar-refractivity contribution in [2.45, 2.75) is 6.54 Å². The highest BCUT2D eigenvalue weighted by atomic mass is 16.2. The Morgan fingerprint density at radius 3 is 2.73 bits per heavy atom. The van der Waals surface area contributed by atoms with Crippen LogP contribution >= 0.6 is 0 Å². The van der Waals surface area contributed by atoms with E-state index >= 15 is 0 Å². The van der Waals surface area contributed by atoms with Crippen LogP contribution < -0.4 is 10.9 Å². The Morgan fingerprint density at radius 1 is 1.04 bits per heavy atom. The summed E-state index contributed by atoms with van der Waals surface area (Å²) >= 11 is 0. The van der Waals surface area contributed by atoms with Gasteiger partial charge in [-0.2, -0.15) is 0 Å². The van der Waals surface area contributed by atoms with E-state index in [1.165, 1.54) is 6.33 Å². The maximum Gasteiger partial charge on any atom is 0.274 e. The van der Waals surface area contributed by atoms with E-state index < -0.39 is 0 Å². The van der Waals surface area contributed by atoms with E-state index in [0.29, 0.717) is 17.8 Å². The van der Waals surface area contributed by atoms with Crippen molar-refractivity contribution in [2.75, 3.05) is 5.32 Å². The summed E-state index contributed by atoms with van der Waals surface area (Å²) in [4.78, 5) is 25.1. The van der Waals surface area contributed by atoms with Crippen LogP contribution in [-0.4, -0.2) is 25.1 Å². The summed E-state index contributed by atoms with van der Waals surface area (Å²) in [6, 6.07) is 16.3. The Morgan fingerprint density at radius 2 is 1.88 bits per heavy atom. The molecule has 0 spiro atoms. The number of hydrogen-bond donors (Lipinski definition) is 1. The molecule has 0 saturated heterocycles. The summed E-state index contributed by atoms with van der Waals surface area (Å²) in [5.74, 6) is -0.366. The van der Waals surface area contributed by atoms with Crippen LogP contribution in [0, 0.1) is 0 Å². The minimum atomic E-state index is -0.366. The van der Waals surface area contributed by atoms with Gasteiger partial charge in [-0.25, -0.2) is 0 Å². The third-order valence-electron chi connectivity index (χ3n) is 4.02. The number of benzene rings is 1. The Bertz CT molecular complexity index is 1130. The van der Waals surface area contributed by atoms with E-state index in [-0.39, 0.29) is 17.2 Å². The molecule has 0 aliphatic carbocycles. The topological polar surface area (TPSA) is 81.3 Å². The highest BCUT2D eigenvalue weighted by molar-refractivity contribution is 6.04. The van der Waals surface area contributed by atoms with Gasteiger partial charge >= 0.3 is 0 Å². The number of fused-ring (bicyclic) bond motifs is 1. The maximum atomic E-state index is 12.6. The summed E-state index contributed by atoms with van der Waals surface area (Å²) in [5, 5.41) is 10.4. The molecule has 0 unspecified atom stereocenters. The molecule has 3 aromatic heterocycles. The molecule has 26 heavy (non-hydrogen) atoms. The number of nitrogens with zero attached hydrogens (tertiary/aromatic N) is 4. The standard InChI is InChI=1S/C19H15N5O2/c25-18(15-8-9-17-22-20-13-24(17)12-15)21-16-7-4-10-23(19(16)26)11-14-5-2-1-3-6-14/h1-10,12-13H,11H2,(H,21,25). The van der Waals surface area contributed by atoms with Gasteiger partial charge in [0.1, 0.15) is 12.0 Å². The van der Waals surface area contributed by atoms with E-state index in [4.69, 9.17) is 0 Å². The first-order valence-electron chi connectivity index (χ1n) is 8.05. The van der Waals surface area contributed by atoms with Crippen molar-refractivity contribution in [3.63, 3.8) is 0 Å². The number of hydrogen-bond acceptors (Lipinski definition) is 4. The van der Waals surface area contributed by atoms with E-state index in [1.54, 1.807) is 45.6 Å². The molecule has 1 aromatic carbocycles. The van der Waals surface area contributed by atoms with Crippen molar-refractivity contribution < 1.29 is 4.79 Å². The molecule has 3 heterocycles. The highest BCUT2D eigenvalue weighted by Crippen LogP contribution is 2.08. The lowest BCUT2D eigenvalue weighted by molar-refractivity contribution is 0.102. The molecule has 0 atom stereocenters. The number of aromatic nitrogens is 4. The van der Waals surface area contributed by atoms with Crippen LogP contribution in [0.1, 0.15) is 15.9 Å². The van der Waals surface area contributed by atoms with Gasteiger partial charge in [-0.15, -0.1) is 10.2 Å². The summed E-state index contributed by atoms with van der Waals surface area (Å²) in [5.41, 5.74) is 2.05. The van der Waals surface area contributed by atoms with E-state index in [2.05, 4.69) is 15.5 Å². The fraction of sp³-hybridized carbons (Fsp3) is 0.0526. The molecule has 1 amide bonds. The Hall–Kier alpha value is -3.74. The second-order valence-corrected chi connectivity index (χ2v) is 5.81. The SMILES string of the molecule is O=C(Nc1cccn(Cc2ccccc2)c1=O)c1ccc2nncn2c1. The highest BCUT2D eigenvalue weighted by Gasteiger charge is 2.11. The molecular weight excluding hydrogens is 330 g/mol. The molecule has 4 rings (SSSR count). The predicted octanol–water partition coefficient (Wildman–Crippen LogP) is 2.19. The molecule has 0 aliphatic rings. The molecule has 0 bridgehead atoms. The summed E-state index contributed by atoms with van der Waals surface area (Å²) in [7, 11) is 0. The second kappa shape index (κ2) is 6.64. The zero-order valence-corrected chi connectivity index (χ0v) is 13.7. The van der Waals surface area contributed by atoms with Gasteiger partial charge in [0.05, 0.1) is 12.1 Å². The van der Waals surface area contributed by atoms with Crippen LogP contribution in [0.2, 0.25) is 0 Å². The first-order valence-corrected chi connectivity index (χ1v) is 8.05. The van der Waals surface area contributed by atoms with Gasteiger partial charge in [-0.1, -0.05) is 30.3 Å². The number of rotatable bonds is 4. The van der Waals surface area contributed by atoms with Crippen molar-refractivity contribution >= 4 is 17.2 Å². The minimum Gasteiger partial charge on any atom is -0.317 e. The number of amides is 1. The van der Waals surface area contributed by atoms with Crippen LogP contribution in [0.5, 0.6) is 0 Å². The zero-order valence-electron chi connectivity index (χ0n) is 13.7. The molecule has 128 valence electrons. The third kappa shape index (κ3) is 3.10. The average Bonchev–Trinajstić information content (AvgIpc) is 3.13. The number of carbonyl (C=O) groups excluding carboxylic acids is 1. The molecule has 0 aliphatic heterocycles. The molecule has 0 fully saturated rings. The quantitative estimate of drug-likeness (QED) is 0.615. The summed E-state index contributed by atoms with van der Waals surface area (Å²) in [6.07, 6.45) is 4.84. The monoisotopic (exact) mass is 345 g/mol. The third-order valence-corrected chi connectivity index (χ3v) is 4.02. The molecule has 0 radical (unpaired) electrons. The Labute approximate surface area is 148 Å². The second-order valence-electron chi connectivity index (χ2n) is 5.81. The smallest absolute Gasteiger partial charge is 0.274 e. The van der Waals surface area contributed by atoms with Gasteiger partial charge in [-0.05, 0) is 29.8 Å². The fourth-order valence-electron chi connectivity index (χ4n) is 2.69. The normalized spacial score (nSPS) is 10.8.